The fraction of sp³-hybridized carbons (Fsp3) is 1.00. The topological polar surface area (TPSA) is 12.0 Å². The van der Waals surface area contributed by atoms with Crippen LogP contribution in [0.1, 0.15) is 72.1 Å². The minimum atomic E-state index is 0.790. The van der Waals surface area contributed by atoms with Crippen molar-refractivity contribution >= 4 is 0 Å². The summed E-state index contributed by atoms with van der Waals surface area (Å²) >= 11 is 0. The van der Waals surface area contributed by atoms with Crippen molar-refractivity contribution in [3.8, 4) is 0 Å². The standard InChI is InChI=1S/C15H31N/c1-4-13(3)12-15(16-5-2)14-10-8-6-7-9-11-14/h13-16H,4-12H2,1-3H3. The molecule has 1 N–H and O–H groups in total. The third-order valence-corrected chi connectivity index (χ3v) is 4.29. The quantitative estimate of drug-likeness (QED) is 0.662. The molecule has 1 heteroatoms. The molecule has 1 nitrogen and oxygen atoms in total. The highest BCUT2D eigenvalue weighted by Gasteiger charge is 2.23. The van der Waals surface area contributed by atoms with E-state index in [2.05, 4.69) is 26.1 Å². The van der Waals surface area contributed by atoms with Crippen molar-refractivity contribution in [1.29, 1.82) is 0 Å². The highest BCUT2D eigenvalue weighted by molar-refractivity contribution is 4.79. The van der Waals surface area contributed by atoms with Gasteiger partial charge in [0.2, 0.25) is 0 Å². The molecule has 0 aromatic carbocycles. The van der Waals surface area contributed by atoms with Crippen LogP contribution in [-0.2, 0) is 0 Å². The summed E-state index contributed by atoms with van der Waals surface area (Å²) in [6.45, 7) is 8.11. The van der Waals surface area contributed by atoms with Gasteiger partial charge in [-0.2, -0.15) is 0 Å². The monoisotopic (exact) mass is 225 g/mol. The Morgan fingerprint density at radius 1 is 1.06 bits per heavy atom. The molecule has 2 atom stereocenters. The van der Waals surface area contributed by atoms with Crippen molar-refractivity contribution < 1.29 is 0 Å². The molecule has 0 heterocycles. The summed E-state index contributed by atoms with van der Waals surface area (Å²) in [5, 5.41) is 3.75. The molecule has 0 saturated heterocycles. The Kier molecular flexibility index (Phi) is 7.11. The molecule has 0 aromatic rings. The van der Waals surface area contributed by atoms with E-state index in [4.69, 9.17) is 0 Å². The van der Waals surface area contributed by atoms with E-state index < -0.39 is 0 Å². The number of hydrogen-bond acceptors (Lipinski definition) is 1. The third kappa shape index (κ3) is 4.86. The van der Waals surface area contributed by atoms with Gasteiger partial charge in [-0.1, -0.05) is 52.9 Å². The maximum atomic E-state index is 3.75. The maximum Gasteiger partial charge on any atom is 0.00977 e. The average molecular weight is 225 g/mol. The lowest BCUT2D eigenvalue weighted by molar-refractivity contribution is 0.275. The number of hydrogen-bond donors (Lipinski definition) is 1. The van der Waals surface area contributed by atoms with Gasteiger partial charge in [-0.25, -0.2) is 0 Å². The maximum absolute atomic E-state index is 3.75. The highest BCUT2D eigenvalue weighted by Crippen LogP contribution is 2.28. The summed E-state index contributed by atoms with van der Waals surface area (Å²) < 4.78 is 0. The van der Waals surface area contributed by atoms with Crippen molar-refractivity contribution in [2.24, 2.45) is 11.8 Å². The van der Waals surface area contributed by atoms with E-state index in [1.54, 1.807) is 0 Å². The second-order valence-corrected chi connectivity index (χ2v) is 5.66. The molecule has 0 amide bonds. The first-order valence-electron chi connectivity index (χ1n) is 7.51. The van der Waals surface area contributed by atoms with E-state index in [0.29, 0.717) is 0 Å². The van der Waals surface area contributed by atoms with Crippen LogP contribution in [0.3, 0.4) is 0 Å². The Bertz CT molecular complexity index is 159. The minimum Gasteiger partial charge on any atom is -0.314 e. The Hall–Kier alpha value is -0.0400. The smallest absolute Gasteiger partial charge is 0.00977 e. The van der Waals surface area contributed by atoms with Gasteiger partial charge in [0, 0.05) is 6.04 Å². The lowest BCUT2D eigenvalue weighted by Crippen LogP contribution is -2.37. The summed E-state index contributed by atoms with van der Waals surface area (Å²) in [5.74, 6) is 1.84. The first-order chi connectivity index (χ1) is 7.77. The van der Waals surface area contributed by atoms with Crippen LogP contribution in [-0.4, -0.2) is 12.6 Å². The Morgan fingerprint density at radius 3 is 2.19 bits per heavy atom. The summed E-state index contributed by atoms with van der Waals surface area (Å²) in [7, 11) is 0. The van der Waals surface area contributed by atoms with Gasteiger partial charge in [-0.05, 0) is 37.6 Å². The lowest BCUT2D eigenvalue weighted by Gasteiger charge is -2.29. The zero-order chi connectivity index (χ0) is 11.8. The van der Waals surface area contributed by atoms with E-state index in [-0.39, 0.29) is 0 Å². The molecule has 1 aliphatic carbocycles. The molecular formula is C15H31N. The van der Waals surface area contributed by atoms with Crippen LogP contribution in [0.25, 0.3) is 0 Å². The highest BCUT2D eigenvalue weighted by atomic mass is 14.9. The Balaban J connectivity index is 2.45. The normalized spacial score (nSPS) is 22.7. The first kappa shape index (κ1) is 14.0. The molecule has 96 valence electrons. The summed E-state index contributed by atoms with van der Waals surface area (Å²) in [4.78, 5) is 0. The van der Waals surface area contributed by atoms with Gasteiger partial charge in [0.15, 0.2) is 0 Å². The zero-order valence-electron chi connectivity index (χ0n) is 11.6. The van der Waals surface area contributed by atoms with Gasteiger partial charge in [-0.3, -0.25) is 0 Å². The van der Waals surface area contributed by atoms with Crippen LogP contribution in [0.2, 0.25) is 0 Å². The van der Waals surface area contributed by atoms with E-state index in [0.717, 1.165) is 24.4 Å². The molecule has 0 bridgehead atoms. The van der Waals surface area contributed by atoms with Crippen molar-refractivity contribution in [2.75, 3.05) is 6.54 Å². The molecule has 1 aliphatic rings. The molecule has 1 saturated carbocycles. The zero-order valence-corrected chi connectivity index (χ0v) is 11.6. The molecule has 0 aromatic heterocycles. The van der Waals surface area contributed by atoms with E-state index in [1.807, 2.05) is 0 Å². The summed E-state index contributed by atoms with van der Waals surface area (Å²) in [6, 6.07) is 0.790. The Morgan fingerprint density at radius 2 is 1.69 bits per heavy atom. The second kappa shape index (κ2) is 8.11. The van der Waals surface area contributed by atoms with Crippen molar-refractivity contribution in [1.82, 2.24) is 5.32 Å². The molecule has 0 aliphatic heterocycles. The molecule has 16 heavy (non-hydrogen) atoms. The predicted octanol–water partition coefficient (Wildman–Crippen LogP) is 4.37. The van der Waals surface area contributed by atoms with Gasteiger partial charge in [0.25, 0.3) is 0 Å². The Labute approximate surface area is 102 Å². The number of nitrogens with one attached hydrogen (secondary N) is 1. The van der Waals surface area contributed by atoms with Gasteiger partial charge in [-0.15, -0.1) is 0 Å². The average Bonchev–Trinajstić information content (AvgIpc) is 2.56. The molecule has 0 spiro atoms. The first-order valence-corrected chi connectivity index (χ1v) is 7.51. The van der Waals surface area contributed by atoms with Gasteiger partial charge >= 0.3 is 0 Å². The van der Waals surface area contributed by atoms with Crippen molar-refractivity contribution in [3.63, 3.8) is 0 Å². The summed E-state index contributed by atoms with van der Waals surface area (Å²) in [5.41, 5.74) is 0. The van der Waals surface area contributed by atoms with Crippen molar-refractivity contribution in [2.45, 2.75) is 78.2 Å². The molecular weight excluding hydrogens is 194 g/mol. The molecule has 0 radical (unpaired) electrons. The second-order valence-electron chi connectivity index (χ2n) is 5.66. The van der Waals surface area contributed by atoms with Gasteiger partial charge in [0.1, 0.15) is 0 Å². The van der Waals surface area contributed by atoms with Crippen LogP contribution in [0.4, 0.5) is 0 Å². The predicted molar refractivity (Wildman–Crippen MR) is 72.7 cm³/mol. The van der Waals surface area contributed by atoms with Crippen LogP contribution < -0.4 is 5.32 Å². The van der Waals surface area contributed by atoms with Gasteiger partial charge < -0.3 is 5.32 Å². The SMILES string of the molecule is CCNC(CC(C)CC)C1CCCCCC1. The molecule has 2 unspecified atom stereocenters. The fourth-order valence-electron chi connectivity index (χ4n) is 3.02. The summed E-state index contributed by atoms with van der Waals surface area (Å²) in [6.07, 6.45) is 11.5. The van der Waals surface area contributed by atoms with E-state index in [1.165, 1.54) is 51.4 Å². The van der Waals surface area contributed by atoms with E-state index >= 15 is 0 Å². The third-order valence-electron chi connectivity index (χ3n) is 4.29. The lowest BCUT2D eigenvalue weighted by atomic mass is 9.85. The van der Waals surface area contributed by atoms with Crippen molar-refractivity contribution in [3.05, 3.63) is 0 Å². The number of rotatable bonds is 6. The minimum absolute atomic E-state index is 0.790. The van der Waals surface area contributed by atoms with Crippen LogP contribution in [0.15, 0.2) is 0 Å². The van der Waals surface area contributed by atoms with Crippen LogP contribution in [0, 0.1) is 11.8 Å². The van der Waals surface area contributed by atoms with E-state index in [9.17, 15) is 0 Å². The molecule has 1 fully saturated rings. The largest absolute Gasteiger partial charge is 0.314 e. The van der Waals surface area contributed by atoms with Crippen LogP contribution >= 0.6 is 0 Å². The fourth-order valence-corrected chi connectivity index (χ4v) is 3.02. The molecule has 1 rings (SSSR count). The van der Waals surface area contributed by atoms with Crippen LogP contribution in [0.5, 0.6) is 0 Å². The van der Waals surface area contributed by atoms with Gasteiger partial charge in [0.05, 0.1) is 0 Å².